The SMILES string of the molecule is CCCNCc1nnc(-c2ccc(Cl)cc2C)s1. The first kappa shape index (κ1) is 13.5. The summed E-state index contributed by atoms with van der Waals surface area (Å²) in [4.78, 5) is 0. The van der Waals surface area contributed by atoms with E-state index in [4.69, 9.17) is 11.6 Å². The molecule has 0 saturated heterocycles. The molecule has 0 amide bonds. The van der Waals surface area contributed by atoms with Crippen molar-refractivity contribution < 1.29 is 0 Å². The first-order chi connectivity index (χ1) is 8.70. The zero-order valence-electron chi connectivity index (χ0n) is 10.5. The minimum Gasteiger partial charge on any atom is -0.310 e. The maximum atomic E-state index is 5.95. The third-order valence-corrected chi connectivity index (χ3v) is 3.78. The maximum absolute atomic E-state index is 5.95. The Labute approximate surface area is 116 Å². The van der Waals surface area contributed by atoms with Crippen LogP contribution < -0.4 is 5.32 Å². The number of hydrogen-bond acceptors (Lipinski definition) is 4. The highest BCUT2D eigenvalue weighted by molar-refractivity contribution is 7.14. The van der Waals surface area contributed by atoms with Gasteiger partial charge in [0.15, 0.2) is 0 Å². The van der Waals surface area contributed by atoms with Crippen molar-refractivity contribution in [3.05, 3.63) is 33.8 Å². The summed E-state index contributed by atoms with van der Waals surface area (Å²) in [5.74, 6) is 0. The third-order valence-electron chi connectivity index (χ3n) is 2.59. The van der Waals surface area contributed by atoms with Gasteiger partial charge in [-0.1, -0.05) is 35.9 Å². The summed E-state index contributed by atoms with van der Waals surface area (Å²) < 4.78 is 0. The van der Waals surface area contributed by atoms with Crippen LogP contribution in [0.1, 0.15) is 23.9 Å². The number of hydrogen-bond donors (Lipinski definition) is 1. The van der Waals surface area contributed by atoms with Crippen LogP contribution in [0.2, 0.25) is 5.02 Å². The molecule has 0 bridgehead atoms. The molecule has 96 valence electrons. The monoisotopic (exact) mass is 281 g/mol. The van der Waals surface area contributed by atoms with Crippen LogP contribution in [-0.2, 0) is 6.54 Å². The quantitative estimate of drug-likeness (QED) is 0.850. The van der Waals surface area contributed by atoms with Gasteiger partial charge in [0.2, 0.25) is 0 Å². The Hall–Kier alpha value is -0.970. The zero-order chi connectivity index (χ0) is 13.0. The van der Waals surface area contributed by atoms with Crippen LogP contribution in [0.15, 0.2) is 18.2 Å². The Morgan fingerprint density at radius 2 is 2.17 bits per heavy atom. The highest BCUT2D eigenvalue weighted by Gasteiger charge is 2.09. The van der Waals surface area contributed by atoms with Crippen molar-refractivity contribution in [2.75, 3.05) is 6.54 Å². The molecule has 0 fully saturated rings. The summed E-state index contributed by atoms with van der Waals surface area (Å²) in [6.45, 7) is 5.99. The van der Waals surface area contributed by atoms with Crippen LogP contribution in [0.5, 0.6) is 0 Å². The van der Waals surface area contributed by atoms with E-state index in [-0.39, 0.29) is 0 Å². The number of halogens is 1. The van der Waals surface area contributed by atoms with Gasteiger partial charge in [0.25, 0.3) is 0 Å². The van der Waals surface area contributed by atoms with E-state index in [1.165, 1.54) is 0 Å². The zero-order valence-corrected chi connectivity index (χ0v) is 12.1. The molecule has 3 nitrogen and oxygen atoms in total. The Morgan fingerprint density at radius 3 is 2.89 bits per heavy atom. The molecule has 1 N–H and O–H groups in total. The summed E-state index contributed by atoms with van der Waals surface area (Å²) in [5, 5.41) is 14.5. The largest absolute Gasteiger partial charge is 0.310 e. The molecule has 0 aliphatic heterocycles. The van der Waals surface area contributed by atoms with E-state index in [0.717, 1.165) is 45.7 Å². The first-order valence-electron chi connectivity index (χ1n) is 6.00. The lowest BCUT2D eigenvalue weighted by Crippen LogP contribution is -2.13. The number of nitrogens with one attached hydrogen (secondary N) is 1. The van der Waals surface area contributed by atoms with Gasteiger partial charge in [-0.05, 0) is 37.6 Å². The molecule has 1 aromatic heterocycles. The van der Waals surface area contributed by atoms with E-state index in [1.807, 2.05) is 25.1 Å². The van der Waals surface area contributed by atoms with Crippen molar-refractivity contribution in [2.45, 2.75) is 26.8 Å². The number of benzene rings is 1. The Morgan fingerprint density at radius 1 is 1.33 bits per heavy atom. The average Bonchev–Trinajstić information content (AvgIpc) is 2.78. The molecule has 1 aromatic carbocycles. The second-order valence-corrected chi connectivity index (χ2v) is 5.64. The van der Waals surface area contributed by atoms with Gasteiger partial charge in [0.1, 0.15) is 10.0 Å². The standard InChI is InChI=1S/C13H16ClN3S/c1-3-6-15-8-12-16-17-13(18-12)11-5-4-10(14)7-9(11)2/h4-5,7,15H,3,6,8H2,1-2H3. The molecule has 2 aromatic rings. The van der Waals surface area contributed by atoms with Crippen LogP contribution in [-0.4, -0.2) is 16.7 Å². The number of aromatic nitrogens is 2. The smallest absolute Gasteiger partial charge is 0.148 e. The minimum absolute atomic E-state index is 0.755. The first-order valence-corrected chi connectivity index (χ1v) is 7.19. The van der Waals surface area contributed by atoms with Gasteiger partial charge >= 0.3 is 0 Å². The lowest BCUT2D eigenvalue weighted by Gasteiger charge is -2.01. The van der Waals surface area contributed by atoms with Gasteiger partial charge in [-0.3, -0.25) is 0 Å². The topological polar surface area (TPSA) is 37.8 Å². The summed E-state index contributed by atoms with van der Waals surface area (Å²) >= 11 is 7.58. The van der Waals surface area contributed by atoms with Crippen LogP contribution in [0, 0.1) is 6.92 Å². The van der Waals surface area contributed by atoms with E-state index in [0.29, 0.717) is 0 Å². The maximum Gasteiger partial charge on any atom is 0.148 e. The fraction of sp³-hybridized carbons (Fsp3) is 0.385. The van der Waals surface area contributed by atoms with E-state index in [1.54, 1.807) is 11.3 Å². The second kappa shape index (κ2) is 6.27. The van der Waals surface area contributed by atoms with Crippen LogP contribution in [0.3, 0.4) is 0 Å². The molecule has 0 aliphatic rings. The predicted octanol–water partition coefficient (Wildman–Crippen LogP) is 3.67. The Bertz CT molecular complexity index is 525. The molecule has 0 aliphatic carbocycles. The number of rotatable bonds is 5. The van der Waals surface area contributed by atoms with Crippen molar-refractivity contribution in [1.82, 2.24) is 15.5 Å². The summed E-state index contributed by atoms with van der Waals surface area (Å²) in [6.07, 6.45) is 1.13. The van der Waals surface area contributed by atoms with Gasteiger partial charge in [-0.2, -0.15) is 0 Å². The summed E-state index contributed by atoms with van der Waals surface area (Å²) in [7, 11) is 0. The molecule has 0 spiro atoms. The van der Waals surface area contributed by atoms with Crippen molar-refractivity contribution in [2.24, 2.45) is 0 Å². The average molecular weight is 282 g/mol. The molecular weight excluding hydrogens is 266 g/mol. The lowest BCUT2D eigenvalue weighted by molar-refractivity contribution is 0.668. The van der Waals surface area contributed by atoms with Crippen LogP contribution in [0.25, 0.3) is 10.6 Å². The molecule has 5 heteroatoms. The third kappa shape index (κ3) is 3.28. The highest BCUT2D eigenvalue weighted by atomic mass is 35.5. The van der Waals surface area contributed by atoms with Gasteiger partial charge in [-0.15, -0.1) is 10.2 Å². The van der Waals surface area contributed by atoms with Crippen molar-refractivity contribution in [3.63, 3.8) is 0 Å². The predicted molar refractivity (Wildman–Crippen MR) is 77.1 cm³/mol. The summed E-state index contributed by atoms with van der Waals surface area (Å²) in [5.41, 5.74) is 2.24. The van der Waals surface area contributed by atoms with Gasteiger partial charge in [0.05, 0.1) is 0 Å². The van der Waals surface area contributed by atoms with Crippen LogP contribution in [0.4, 0.5) is 0 Å². The minimum atomic E-state index is 0.755. The Kier molecular flexibility index (Phi) is 4.69. The molecule has 18 heavy (non-hydrogen) atoms. The van der Waals surface area contributed by atoms with Crippen molar-refractivity contribution >= 4 is 22.9 Å². The van der Waals surface area contributed by atoms with Gasteiger partial charge in [0, 0.05) is 17.1 Å². The number of aryl methyl sites for hydroxylation is 1. The van der Waals surface area contributed by atoms with Gasteiger partial charge < -0.3 is 5.32 Å². The van der Waals surface area contributed by atoms with E-state index in [2.05, 4.69) is 22.4 Å². The molecule has 1 heterocycles. The molecule has 0 unspecified atom stereocenters. The van der Waals surface area contributed by atoms with Gasteiger partial charge in [-0.25, -0.2) is 0 Å². The highest BCUT2D eigenvalue weighted by Crippen LogP contribution is 2.28. The second-order valence-electron chi connectivity index (χ2n) is 4.14. The lowest BCUT2D eigenvalue weighted by atomic mass is 10.1. The van der Waals surface area contributed by atoms with Crippen LogP contribution >= 0.6 is 22.9 Å². The Balaban J connectivity index is 2.13. The fourth-order valence-corrected chi connectivity index (χ4v) is 2.80. The van der Waals surface area contributed by atoms with E-state index >= 15 is 0 Å². The van der Waals surface area contributed by atoms with Crippen molar-refractivity contribution in [1.29, 1.82) is 0 Å². The molecular formula is C13H16ClN3S. The molecule has 0 radical (unpaired) electrons. The number of nitrogens with zero attached hydrogens (tertiary/aromatic N) is 2. The normalized spacial score (nSPS) is 10.8. The molecule has 0 saturated carbocycles. The molecule has 2 rings (SSSR count). The van der Waals surface area contributed by atoms with Crippen molar-refractivity contribution in [3.8, 4) is 10.6 Å². The summed E-state index contributed by atoms with van der Waals surface area (Å²) in [6, 6.07) is 5.84. The van der Waals surface area contributed by atoms with E-state index in [9.17, 15) is 0 Å². The molecule has 0 atom stereocenters. The fourth-order valence-electron chi connectivity index (χ4n) is 1.67. The van der Waals surface area contributed by atoms with E-state index < -0.39 is 0 Å².